The van der Waals surface area contributed by atoms with Gasteiger partial charge >= 0.3 is 0 Å². The third kappa shape index (κ3) is 2.79. The first-order chi connectivity index (χ1) is 15.6. The molecule has 0 amide bonds. The Labute approximate surface area is 194 Å². The summed E-state index contributed by atoms with van der Waals surface area (Å²) < 4.78 is 23.4. The summed E-state index contributed by atoms with van der Waals surface area (Å²) in [4.78, 5) is 0. The normalized spacial score (nSPS) is 34.1. The van der Waals surface area contributed by atoms with E-state index in [1.165, 1.54) is 14.2 Å². The third-order valence-corrected chi connectivity index (χ3v) is 7.86. The topological polar surface area (TPSA) is 132 Å². The smallest absolute Gasteiger partial charge is 0.217 e. The molecule has 0 aromatic heterocycles. The molecule has 1 aromatic carbocycles. The van der Waals surface area contributed by atoms with Gasteiger partial charge in [-0.1, -0.05) is 20.8 Å². The van der Waals surface area contributed by atoms with Crippen molar-refractivity contribution in [3.63, 3.8) is 0 Å². The Morgan fingerprint density at radius 1 is 1.09 bits per heavy atom. The van der Waals surface area contributed by atoms with E-state index in [0.717, 1.165) is 6.42 Å². The fraction of sp³-hybridized carbons (Fsp3) is 0.600. The highest BCUT2D eigenvalue weighted by Gasteiger charge is 2.81. The summed E-state index contributed by atoms with van der Waals surface area (Å²) in [5.74, 6) is -1.09. The Morgan fingerprint density at radius 3 is 2.33 bits per heavy atom. The van der Waals surface area contributed by atoms with E-state index in [4.69, 9.17) is 24.4 Å². The Morgan fingerprint density at radius 2 is 1.79 bits per heavy atom. The standard InChI is InChI=1S/C25H28N4O4/c1-22(2,3)15-8-9-25-19(10-15)24(14-28,21(29)33-25)23(12-26,13-27)20(32-25)17-7-6-16(30-4)11-18(17)31-5/h6-7,11,15,19-20,29H,8-10H2,1-5H3. The average molecular weight is 449 g/mol. The van der Waals surface area contributed by atoms with Crippen molar-refractivity contribution in [3.8, 4) is 29.7 Å². The number of methoxy groups -OCH3 is 2. The molecule has 5 atom stereocenters. The summed E-state index contributed by atoms with van der Waals surface area (Å²) in [6.07, 6.45) is 0.621. The molecule has 1 aromatic rings. The average Bonchev–Trinajstić information content (AvgIpc) is 3.01. The highest BCUT2D eigenvalue weighted by Crippen LogP contribution is 2.71. The monoisotopic (exact) mass is 448 g/mol. The zero-order chi connectivity index (χ0) is 24.2. The highest BCUT2D eigenvalue weighted by atomic mass is 16.7. The zero-order valence-corrected chi connectivity index (χ0v) is 19.6. The number of nitriles is 3. The molecule has 2 saturated heterocycles. The van der Waals surface area contributed by atoms with E-state index in [1.807, 2.05) is 0 Å². The molecule has 0 spiro atoms. The largest absolute Gasteiger partial charge is 0.497 e. The van der Waals surface area contributed by atoms with E-state index in [2.05, 4.69) is 39.0 Å². The van der Waals surface area contributed by atoms with Crippen LogP contribution in [-0.4, -0.2) is 25.9 Å². The first kappa shape index (κ1) is 22.9. The molecule has 2 bridgehead atoms. The van der Waals surface area contributed by atoms with Crippen LogP contribution >= 0.6 is 0 Å². The summed E-state index contributed by atoms with van der Waals surface area (Å²) in [5, 5.41) is 40.2. The molecule has 3 aliphatic rings. The zero-order valence-electron chi connectivity index (χ0n) is 19.6. The lowest BCUT2D eigenvalue weighted by molar-refractivity contribution is -0.301. The van der Waals surface area contributed by atoms with Gasteiger partial charge in [-0.15, -0.1) is 0 Å². The van der Waals surface area contributed by atoms with Gasteiger partial charge in [0.1, 0.15) is 17.6 Å². The van der Waals surface area contributed by atoms with Gasteiger partial charge in [-0.05, 0) is 36.3 Å². The van der Waals surface area contributed by atoms with Crippen LogP contribution in [0, 0.1) is 67.5 Å². The lowest BCUT2D eigenvalue weighted by atomic mass is 9.49. The Hall–Kier alpha value is -3.28. The molecule has 3 fully saturated rings. The van der Waals surface area contributed by atoms with Crippen molar-refractivity contribution in [1.82, 2.24) is 0 Å². The van der Waals surface area contributed by atoms with Crippen LogP contribution in [0.1, 0.15) is 51.7 Å². The van der Waals surface area contributed by atoms with Crippen molar-refractivity contribution < 1.29 is 18.9 Å². The second-order valence-corrected chi connectivity index (χ2v) is 10.2. The molecule has 2 aliphatic heterocycles. The van der Waals surface area contributed by atoms with Gasteiger partial charge in [0, 0.05) is 18.1 Å². The van der Waals surface area contributed by atoms with Crippen LogP contribution in [0.2, 0.25) is 0 Å². The number of nitrogens with zero attached hydrogens (tertiary/aromatic N) is 3. The van der Waals surface area contributed by atoms with Crippen LogP contribution < -0.4 is 9.47 Å². The van der Waals surface area contributed by atoms with Gasteiger partial charge in [0.15, 0.2) is 5.41 Å². The van der Waals surface area contributed by atoms with Gasteiger partial charge < -0.3 is 18.9 Å². The van der Waals surface area contributed by atoms with Gasteiger partial charge in [0.25, 0.3) is 0 Å². The minimum Gasteiger partial charge on any atom is -0.497 e. The SMILES string of the molecule is COc1ccc(C2OC34CCC(C(C)(C)C)CC3C(C#N)(C(=N)O4)C2(C#N)C#N)c(OC)c1. The summed E-state index contributed by atoms with van der Waals surface area (Å²) in [6, 6.07) is 11.5. The number of benzene rings is 1. The summed E-state index contributed by atoms with van der Waals surface area (Å²) in [7, 11) is 3.00. The molecule has 1 saturated carbocycles. The molecule has 2 heterocycles. The summed E-state index contributed by atoms with van der Waals surface area (Å²) in [6.45, 7) is 6.41. The fourth-order valence-electron chi connectivity index (χ4n) is 5.94. The van der Waals surface area contributed by atoms with Gasteiger partial charge in [-0.25, -0.2) is 0 Å². The molecule has 1 aliphatic carbocycles. The van der Waals surface area contributed by atoms with Crippen molar-refractivity contribution in [1.29, 1.82) is 21.2 Å². The van der Waals surface area contributed by atoms with Crippen molar-refractivity contribution in [2.24, 2.45) is 28.1 Å². The van der Waals surface area contributed by atoms with Crippen LogP contribution in [-0.2, 0) is 9.47 Å². The molecule has 172 valence electrons. The van der Waals surface area contributed by atoms with Crippen molar-refractivity contribution >= 4 is 5.90 Å². The van der Waals surface area contributed by atoms with Crippen LogP contribution in [0.4, 0.5) is 0 Å². The molecule has 4 rings (SSSR count). The predicted molar refractivity (Wildman–Crippen MR) is 117 cm³/mol. The number of hydrogen-bond donors (Lipinski definition) is 1. The highest BCUT2D eigenvalue weighted by molar-refractivity contribution is 5.89. The van der Waals surface area contributed by atoms with E-state index in [-0.39, 0.29) is 17.2 Å². The Balaban J connectivity index is 1.96. The molecule has 8 heteroatoms. The second kappa shape index (κ2) is 7.37. The maximum Gasteiger partial charge on any atom is 0.217 e. The molecular weight excluding hydrogens is 420 g/mol. The maximum absolute atomic E-state index is 10.6. The first-order valence-electron chi connectivity index (χ1n) is 11.0. The predicted octanol–water partition coefficient (Wildman–Crippen LogP) is 4.48. The molecule has 1 N–H and O–H groups in total. The summed E-state index contributed by atoms with van der Waals surface area (Å²) >= 11 is 0. The number of nitrogens with one attached hydrogen (secondary N) is 1. The molecule has 8 nitrogen and oxygen atoms in total. The van der Waals surface area contributed by atoms with Gasteiger partial charge in [0.2, 0.25) is 17.1 Å². The van der Waals surface area contributed by atoms with Crippen molar-refractivity contribution in [2.75, 3.05) is 14.2 Å². The van der Waals surface area contributed by atoms with Crippen LogP contribution in [0.3, 0.4) is 0 Å². The maximum atomic E-state index is 10.6. The number of hydrogen-bond acceptors (Lipinski definition) is 8. The van der Waals surface area contributed by atoms with Gasteiger partial charge in [-0.2, -0.15) is 15.8 Å². The molecule has 5 unspecified atom stereocenters. The minimum atomic E-state index is -2.01. The lowest BCUT2D eigenvalue weighted by Crippen LogP contribution is -2.61. The fourth-order valence-corrected chi connectivity index (χ4v) is 5.94. The lowest BCUT2D eigenvalue weighted by Gasteiger charge is -2.54. The van der Waals surface area contributed by atoms with Crippen molar-refractivity contribution in [2.45, 2.75) is 51.9 Å². The van der Waals surface area contributed by atoms with Crippen LogP contribution in [0.15, 0.2) is 18.2 Å². The number of rotatable bonds is 3. The molecule has 0 radical (unpaired) electrons. The van der Waals surface area contributed by atoms with E-state index >= 15 is 0 Å². The van der Waals surface area contributed by atoms with Gasteiger partial charge in [0.05, 0.1) is 38.3 Å². The molecular formula is C25H28N4O4. The number of ether oxygens (including phenoxy) is 4. The minimum absolute atomic E-state index is 0.0438. The Kier molecular flexibility index (Phi) is 5.11. The van der Waals surface area contributed by atoms with Gasteiger partial charge in [-0.3, -0.25) is 5.41 Å². The van der Waals surface area contributed by atoms with Crippen LogP contribution in [0.5, 0.6) is 11.5 Å². The van der Waals surface area contributed by atoms with E-state index in [9.17, 15) is 15.8 Å². The Bertz CT molecular complexity index is 1110. The third-order valence-electron chi connectivity index (χ3n) is 7.86. The molecule has 33 heavy (non-hydrogen) atoms. The summed E-state index contributed by atoms with van der Waals surface area (Å²) in [5.41, 5.74) is -3.38. The first-order valence-corrected chi connectivity index (χ1v) is 11.0. The second-order valence-electron chi connectivity index (χ2n) is 10.2. The van der Waals surface area contributed by atoms with Crippen LogP contribution in [0.25, 0.3) is 0 Å². The van der Waals surface area contributed by atoms with E-state index in [1.54, 1.807) is 18.2 Å². The quantitative estimate of drug-likeness (QED) is 0.720. The van der Waals surface area contributed by atoms with E-state index in [0.29, 0.717) is 29.9 Å². The van der Waals surface area contributed by atoms with Crippen molar-refractivity contribution in [3.05, 3.63) is 23.8 Å². The van der Waals surface area contributed by atoms with E-state index < -0.39 is 28.6 Å².